The number of amides is 1. The lowest BCUT2D eigenvalue weighted by Crippen LogP contribution is -2.55. The van der Waals surface area contributed by atoms with Crippen molar-refractivity contribution in [3.63, 3.8) is 0 Å². The van der Waals surface area contributed by atoms with Crippen molar-refractivity contribution >= 4 is 17.7 Å². The summed E-state index contributed by atoms with van der Waals surface area (Å²) in [6, 6.07) is 7.44. The van der Waals surface area contributed by atoms with E-state index in [-0.39, 0.29) is 24.5 Å². The average Bonchev–Trinajstić information content (AvgIpc) is 2.59. The number of aryl methyl sites for hydroxylation is 1. The Morgan fingerprint density at radius 2 is 1.84 bits per heavy atom. The Balaban J connectivity index is 1.90. The molecule has 0 radical (unpaired) electrons. The monoisotopic (exact) mass is 345 g/mol. The summed E-state index contributed by atoms with van der Waals surface area (Å²) in [7, 11) is 0. The summed E-state index contributed by atoms with van der Waals surface area (Å²) in [5.41, 5.74) is 1.05. The molecule has 1 amide bonds. The van der Waals surface area contributed by atoms with Crippen LogP contribution in [0.4, 0.5) is 0 Å². The standard InChI is InChI=1S/C20H27NO4/c1-3-14-7-9-15(10-8-14)17(22)11-12-18(23)21-20(2)13-5-4-6-16(20)19(24)25/h7-10,16H,3-6,11-13H2,1-2H3,(H,21,23)(H,24,25). The van der Waals surface area contributed by atoms with Gasteiger partial charge in [-0.1, -0.05) is 44.0 Å². The first-order valence-corrected chi connectivity index (χ1v) is 9.01. The number of hydrogen-bond acceptors (Lipinski definition) is 3. The van der Waals surface area contributed by atoms with Gasteiger partial charge in [-0.05, 0) is 31.7 Å². The van der Waals surface area contributed by atoms with Gasteiger partial charge in [0.15, 0.2) is 5.78 Å². The average molecular weight is 345 g/mol. The van der Waals surface area contributed by atoms with Gasteiger partial charge in [-0.15, -0.1) is 0 Å². The molecule has 0 aliphatic heterocycles. The van der Waals surface area contributed by atoms with Crippen molar-refractivity contribution < 1.29 is 19.5 Å². The second-order valence-corrected chi connectivity index (χ2v) is 7.08. The molecule has 1 fully saturated rings. The molecule has 2 unspecified atom stereocenters. The number of nitrogens with one attached hydrogen (secondary N) is 1. The molecular weight excluding hydrogens is 318 g/mol. The topological polar surface area (TPSA) is 83.5 Å². The van der Waals surface area contributed by atoms with Crippen molar-refractivity contribution in [3.8, 4) is 0 Å². The van der Waals surface area contributed by atoms with E-state index in [0.717, 1.165) is 19.3 Å². The number of carbonyl (C=O) groups is 3. The van der Waals surface area contributed by atoms with Crippen molar-refractivity contribution in [2.45, 2.75) is 64.3 Å². The fourth-order valence-electron chi connectivity index (χ4n) is 3.56. The van der Waals surface area contributed by atoms with Gasteiger partial charge in [0.1, 0.15) is 0 Å². The molecule has 2 rings (SSSR count). The van der Waals surface area contributed by atoms with E-state index in [2.05, 4.69) is 12.2 Å². The van der Waals surface area contributed by atoms with Gasteiger partial charge in [-0.25, -0.2) is 0 Å². The van der Waals surface area contributed by atoms with Crippen LogP contribution in [0, 0.1) is 5.92 Å². The number of benzene rings is 1. The quantitative estimate of drug-likeness (QED) is 0.742. The van der Waals surface area contributed by atoms with E-state index in [4.69, 9.17) is 0 Å². The van der Waals surface area contributed by atoms with Crippen molar-refractivity contribution in [2.24, 2.45) is 5.92 Å². The molecule has 0 aromatic heterocycles. The smallest absolute Gasteiger partial charge is 0.308 e. The Bertz CT molecular complexity index is 638. The first kappa shape index (κ1) is 19.2. The number of carboxylic acid groups (broad SMARTS) is 1. The van der Waals surface area contributed by atoms with Crippen molar-refractivity contribution in [2.75, 3.05) is 0 Å². The lowest BCUT2D eigenvalue weighted by Gasteiger charge is -2.39. The Kier molecular flexibility index (Phi) is 6.34. The number of rotatable bonds is 7. The predicted molar refractivity (Wildman–Crippen MR) is 95.5 cm³/mol. The van der Waals surface area contributed by atoms with Gasteiger partial charge >= 0.3 is 5.97 Å². The Hall–Kier alpha value is -2.17. The van der Waals surface area contributed by atoms with Crippen molar-refractivity contribution in [3.05, 3.63) is 35.4 Å². The molecule has 25 heavy (non-hydrogen) atoms. The summed E-state index contributed by atoms with van der Waals surface area (Å²) in [6.45, 7) is 3.85. The maximum Gasteiger partial charge on any atom is 0.308 e. The summed E-state index contributed by atoms with van der Waals surface area (Å²) >= 11 is 0. The van der Waals surface area contributed by atoms with Gasteiger partial charge in [-0.2, -0.15) is 0 Å². The zero-order valence-corrected chi connectivity index (χ0v) is 15.0. The summed E-state index contributed by atoms with van der Waals surface area (Å²) < 4.78 is 0. The highest BCUT2D eigenvalue weighted by atomic mass is 16.4. The molecule has 5 heteroatoms. The van der Waals surface area contributed by atoms with E-state index >= 15 is 0 Å². The summed E-state index contributed by atoms with van der Waals surface area (Å²) in [6.07, 6.45) is 4.14. The van der Waals surface area contributed by atoms with Crippen LogP contribution in [0.25, 0.3) is 0 Å². The molecule has 1 aromatic carbocycles. The maximum absolute atomic E-state index is 12.3. The molecule has 1 aliphatic carbocycles. The summed E-state index contributed by atoms with van der Waals surface area (Å²) in [5.74, 6) is -1.76. The van der Waals surface area contributed by atoms with E-state index in [1.807, 2.05) is 12.1 Å². The Morgan fingerprint density at radius 3 is 2.44 bits per heavy atom. The van der Waals surface area contributed by atoms with E-state index in [9.17, 15) is 19.5 Å². The highest BCUT2D eigenvalue weighted by Crippen LogP contribution is 2.34. The van der Waals surface area contributed by atoms with E-state index in [1.54, 1.807) is 19.1 Å². The van der Waals surface area contributed by atoms with Crippen LogP contribution < -0.4 is 5.32 Å². The largest absolute Gasteiger partial charge is 0.481 e. The fourth-order valence-corrected chi connectivity index (χ4v) is 3.56. The molecule has 2 atom stereocenters. The van der Waals surface area contributed by atoms with Crippen LogP contribution >= 0.6 is 0 Å². The maximum atomic E-state index is 12.3. The zero-order chi connectivity index (χ0) is 18.4. The van der Waals surface area contributed by atoms with Gasteiger partial charge in [0, 0.05) is 18.4 Å². The Morgan fingerprint density at radius 1 is 1.16 bits per heavy atom. The van der Waals surface area contributed by atoms with Crippen molar-refractivity contribution in [1.29, 1.82) is 0 Å². The molecule has 5 nitrogen and oxygen atoms in total. The number of hydrogen-bond donors (Lipinski definition) is 2. The fraction of sp³-hybridized carbons (Fsp3) is 0.550. The van der Waals surface area contributed by atoms with Gasteiger partial charge < -0.3 is 10.4 Å². The van der Waals surface area contributed by atoms with Crippen molar-refractivity contribution in [1.82, 2.24) is 5.32 Å². The van der Waals surface area contributed by atoms with Crippen LogP contribution in [0.2, 0.25) is 0 Å². The number of carbonyl (C=O) groups excluding carboxylic acids is 2. The van der Waals surface area contributed by atoms with E-state index < -0.39 is 17.4 Å². The van der Waals surface area contributed by atoms with Crippen LogP contribution in [0.1, 0.15) is 68.3 Å². The van der Waals surface area contributed by atoms with Crippen LogP contribution in [0.5, 0.6) is 0 Å². The third-order valence-electron chi connectivity index (χ3n) is 5.19. The lowest BCUT2D eigenvalue weighted by molar-refractivity contribution is -0.146. The molecule has 1 saturated carbocycles. The molecule has 136 valence electrons. The third kappa shape index (κ3) is 4.91. The van der Waals surface area contributed by atoms with Gasteiger partial charge in [0.2, 0.25) is 5.91 Å². The van der Waals surface area contributed by atoms with Crippen LogP contribution in [0.15, 0.2) is 24.3 Å². The number of carboxylic acids is 1. The van der Waals surface area contributed by atoms with Crippen LogP contribution in [-0.4, -0.2) is 28.3 Å². The van der Waals surface area contributed by atoms with Crippen LogP contribution in [-0.2, 0) is 16.0 Å². The molecule has 1 aliphatic rings. The zero-order valence-electron chi connectivity index (χ0n) is 15.0. The highest BCUT2D eigenvalue weighted by Gasteiger charge is 2.42. The number of ketones is 1. The minimum atomic E-state index is -0.866. The van der Waals surface area contributed by atoms with Crippen LogP contribution in [0.3, 0.4) is 0 Å². The van der Waals surface area contributed by atoms with Gasteiger partial charge in [0.25, 0.3) is 0 Å². The Labute approximate surface area is 148 Å². The predicted octanol–water partition coefficient (Wildman–Crippen LogP) is 3.36. The lowest BCUT2D eigenvalue weighted by atomic mass is 9.74. The molecule has 0 saturated heterocycles. The SMILES string of the molecule is CCc1ccc(C(=O)CCC(=O)NC2(C)CCCCC2C(=O)O)cc1. The number of Topliss-reactive ketones (excluding diaryl/α,β-unsaturated/α-hetero) is 1. The van der Waals surface area contributed by atoms with E-state index in [1.165, 1.54) is 5.56 Å². The molecule has 0 spiro atoms. The molecule has 2 N–H and O–H groups in total. The summed E-state index contributed by atoms with van der Waals surface area (Å²) in [5, 5.41) is 12.3. The third-order valence-corrected chi connectivity index (χ3v) is 5.19. The highest BCUT2D eigenvalue weighted by molar-refractivity contribution is 5.98. The normalized spacial score (nSPS) is 23.0. The minimum Gasteiger partial charge on any atom is -0.481 e. The first-order valence-electron chi connectivity index (χ1n) is 9.01. The molecule has 1 aromatic rings. The second kappa shape index (κ2) is 8.28. The van der Waals surface area contributed by atoms with E-state index in [0.29, 0.717) is 18.4 Å². The first-order chi connectivity index (χ1) is 11.9. The number of aliphatic carboxylic acids is 1. The van der Waals surface area contributed by atoms with Gasteiger partial charge in [0.05, 0.1) is 11.5 Å². The molecular formula is C20H27NO4. The minimum absolute atomic E-state index is 0.0682. The summed E-state index contributed by atoms with van der Waals surface area (Å²) in [4.78, 5) is 35.9. The molecule has 0 bridgehead atoms. The second-order valence-electron chi connectivity index (χ2n) is 7.08. The van der Waals surface area contributed by atoms with Gasteiger partial charge in [-0.3, -0.25) is 14.4 Å². The molecule has 0 heterocycles.